The zero-order valence-corrected chi connectivity index (χ0v) is 19.9. The second-order valence-electron chi connectivity index (χ2n) is 7.87. The Balaban J connectivity index is 1.50. The number of halogens is 1. The molecule has 0 heterocycles. The van der Waals surface area contributed by atoms with Gasteiger partial charge in [0.2, 0.25) is 0 Å². The van der Waals surface area contributed by atoms with Gasteiger partial charge in [0.1, 0.15) is 23.7 Å². The van der Waals surface area contributed by atoms with Gasteiger partial charge in [0, 0.05) is 18.1 Å². The number of hydrogen-bond donors (Lipinski definition) is 3. The average Bonchev–Trinajstić information content (AvgIpc) is 2.84. The van der Waals surface area contributed by atoms with Gasteiger partial charge in [-0.25, -0.2) is 4.79 Å². The van der Waals surface area contributed by atoms with Gasteiger partial charge in [-0.3, -0.25) is 0 Å². The SMILES string of the molecule is CCCCOc1cc(-c2ccc(OCCNC[C@@H](O)c3cccc(Cl)c3)cc2)ccc1C(=O)O. The molecule has 3 aromatic carbocycles. The third-order valence-electron chi connectivity index (χ3n) is 5.27. The number of nitrogens with one attached hydrogen (secondary N) is 1. The number of carboxylic acids is 1. The lowest BCUT2D eigenvalue weighted by Crippen LogP contribution is -2.26. The molecule has 0 fully saturated rings. The second kappa shape index (κ2) is 13.0. The maximum Gasteiger partial charge on any atom is 0.339 e. The molecule has 7 heteroatoms. The van der Waals surface area contributed by atoms with E-state index in [4.69, 9.17) is 21.1 Å². The Labute approximate surface area is 205 Å². The highest BCUT2D eigenvalue weighted by atomic mass is 35.5. The summed E-state index contributed by atoms with van der Waals surface area (Å²) in [6, 6.07) is 19.9. The standard InChI is InChI=1S/C27H30ClNO5/c1-2-3-14-34-26-17-20(9-12-24(26)27(31)32)19-7-10-23(11-8-19)33-15-13-29-18-25(30)21-5-4-6-22(28)16-21/h4-12,16-17,25,29-30H,2-3,13-15,18H2,1H3,(H,31,32)/t25-/m1/s1. The van der Waals surface area contributed by atoms with Crippen LogP contribution in [0.1, 0.15) is 41.8 Å². The molecule has 3 aromatic rings. The number of aliphatic hydroxyl groups is 1. The van der Waals surface area contributed by atoms with Crippen molar-refractivity contribution in [3.05, 3.63) is 82.9 Å². The number of ether oxygens (including phenoxy) is 2. The lowest BCUT2D eigenvalue weighted by molar-refractivity contribution is 0.0692. The highest BCUT2D eigenvalue weighted by Crippen LogP contribution is 2.29. The van der Waals surface area contributed by atoms with Gasteiger partial charge in [0.15, 0.2) is 0 Å². The number of aliphatic hydroxyl groups excluding tert-OH is 1. The van der Waals surface area contributed by atoms with Crippen LogP contribution in [0.5, 0.6) is 11.5 Å². The van der Waals surface area contributed by atoms with E-state index in [9.17, 15) is 15.0 Å². The van der Waals surface area contributed by atoms with Crippen LogP contribution in [0, 0.1) is 0 Å². The number of benzene rings is 3. The first-order chi connectivity index (χ1) is 16.5. The van der Waals surface area contributed by atoms with E-state index in [2.05, 4.69) is 12.2 Å². The fourth-order valence-electron chi connectivity index (χ4n) is 3.38. The fourth-order valence-corrected chi connectivity index (χ4v) is 3.58. The molecule has 180 valence electrons. The number of hydrogen-bond acceptors (Lipinski definition) is 5. The highest BCUT2D eigenvalue weighted by molar-refractivity contribution is 6.30. The van der Waals surface area contributed by atoms with Crippen LogP contribution in [0.3, 0.4) is 0 Å². The molecule has 34 heavy (non-hydrogen) atoms. The smallest absolute Gasteiger partial charge is 0.339 e. The predicted octanol–water partition coefficient (Wildman–Crippen LogP) is 5.59. The van der Waals surface area contributed by atoms with Gasteiger partial charge in [0.05, 0.1) is 12.7 Å². The maximum atomic E-state index is 11.5. The minimum absolute atomic E-state index is 0.160. The fraction of sp³-hybridized carbons (Fsp3) is 0.296. The van der Waals surface area contributed by atoms with Gasteiger partial charge in [-0.2, -0.15) is 0 Å². The quantitative estimate of drug-likeness (QED) is 0.275. The molecule has 0 unspecified atom stereocenters. The van der Waals surface area contributed by atoms with Crippen LogP contribution in [0.2, 0.25) is 5.02 Å². The van der Waals surface area contributed by atoms with E-state index in [0.717, 1.165) is 35.3 Å². The van der Waals surface area contributed by atoms with Crippen molar-refractivity contribution in [2.75, 3.05) is 26.3 Å². The summed E-state index contributed by atoms with van der Waals surface area (Å²) < 4.78 is 11.5. The lowest BCUT2D eigenvalue weighted by Gasteiger charge is -2.13. The molecule has 0 saturated heterocycles. The minimum Gasteiger partial charge on any atom is -0.493 e. The Morgan fingerprint density at radius 1 is 1.00 bits per heavy atom. The van der Waals surface area contributed by atoms with Crippen molar-refractivity contribution in [2.45, 2.75) is 25.9 Å². The largest absolute Gasteiger partial charge is 0.493 e. The average molecular weight is 484 g/mol. The van der Waals surface area contributed by atoms with E-state index in [-0.39, 0.29) is 5.56 Å². The van der Waals surface area contributed by atoms with Gasteiger partial charge in [-0.05, 0) is 59.5 Å². The van der Waals surface area contributed by atoms with Crippen LogP contribution in [0.15, 0.2) is 66.7 Å². The minimum atomic E-state index is -1.00. The van der Waals surface area contributed by atoms with E-state index in [1.54, 1.807) is 30.3 Å². The van der Waals surface area contributed by atoms with E-state index in [1.165, 1.54) is 0 Å². The molecule has 0 aliphatic rings. The molecule has 0 aliphatic carbocycles. The molecular weight excluding hydrogens is 454 g/mol. The Hall–Kier alpha value is -3.06. The van der Waals surface area contributed by atoms with Gasteiger partial charge in [0.25, 0.3) is 0 Å². The van der Waals surface area contributed by atoms with Crippen molar-refractivity contribution >= 4 is 17.6 Å². The van der Waals surface area contributed by atoms with Gasteiger partial charge >= 0.3 is 5.97 Å². The zero-order chi connectivity index (χ0) is 24.3. The monoisotopic (exact) mass is 483 g/mol. The molecule has 0 bridgehead atoms. The Morgan fingerprint density at radius 2 is 1.76 bits per heavy atom. The summed E-state index contributed by atoms with van der Waals surface area (Å²) in [5.41, 5.74) is 2.74. The second-order valence-corrected chi connectivity index (χ2v) is 8.30. The summed E-state index contributed by atoms with van der Waals surface area (Å²) in [6.07, 6.45) is 1.20. The van der Waals surface area contributed by atoms with Crippen molar-refractivity contribution in [3.63, 3.8) is 0 Å². The van der Waals surface area contributed by atoms with E-state index in [1.807, 2.05) is 36.4 Å². The number of rotatable bonds is 13. The van der Waals surface area contributed by atoms with Crippen molar-refractivity contribution < 1.29 is 24.5 Å². The van der Waals surface area contributed by atoms with E-state index < -0.39 is 12.1 Å². The Bertz CT molecular complexity index is 1070. The van der Waals surface area contributed by atoms with Crippen LogP contribution < -0.4 is 14.8 Å². The first kappa shape index (κ1) is 25.6. The van der Waals surface area contributed by atoms with Crippen molar-refractivity contribution in [1.82, 2.24) is 5.32 Å². The first-order valence-corrected chi connectivity index (χ1v) is 11.7. The van der Waals surface area contributed by atoms with Crippen LogP contribution in [-0.4, -0.2) is 42.5 Å². The normalized spacial score (nSPS) is 11.7. The summed E-state index contributed by atoms with van der Waals surface area (Å²) in [5, 5.41) is 23.4. The lowest BCUT2D eigenvalue weighted by atomic mass is 10.0. The zero-order valence-electron chi connectivity index (χ0n) is 19.2. The topological polar surface area (TPSA) is 88.0 Å². The third-order valence-corrected chi connectivity index (χ3v) is 5.51. The van der Waals surface area contributed by atoms with Crippen LogP contribution in [0.4, 0.5) is 0 Å². The number of aromatic carboxylic acids is 1. The molecule has 0 saturated carbocycles. The summed E-state index contributed by atoms with van der Waals surface area (Å²) in [6.45, 7) is 3.97. The molecule has 0 spiro atoms. The molecule has 0 amide bonds. The molecule has 0 aliphatic heterocycles. The highest BCUT2D eigenvalue weighted by Gasteiger charge is 2.13. The summed E-state index contributed by atoms with van der Waals surface area (Å²) >= 11 is 5.96. The summed E-state index contributed by atoms with van der Waals surface area (Å²) in [5.74, 6) is 0.0998. The van der Waals surface area contributed by atoms with E-state index in [0.29, 0.717) is 37.1 Å². The number of carbonyl (C=O) groups is 1. The molecule has 3 rings (SSSR count). The van der Waals surface area contributed by atoms with Gasteiger partial charge < -0.3 is 25.0 Å². The first-order valence-electron chi connectivity index (χ1n) is 11.4. The predicted molar refractivity (Wildman–Crippen MR) is 134 cm³/mol. The maximum absolute atomic E-state index is 11.5. The molecule has 0 radical (unpaired) electrons. The molecule has 1 atom stereocenters. The van der Waals surface area contributed by atoms with E-state index >= 15 is 0 Å². The van der Waals surface area contributed by atoms with Gasteiger partial charge in [-0.15, -0.1) is 0 Å². The number of unbranched alkanes of at least 4 members (excludes halogenated alkanes) is 1. The molecule has 6 nitrogen and oxygen atoms in total. The van der Waals surface area contributed by atoms with Crippen molar-refractivity contribution in [1.29, 1.82) is 0 Å². The van der Waals surface area contributed by atoms with Crippen molar-refractivity contribution in [2.24, 2.45) is 0 Å². The summed E-state index contributed by atoms with van der Waals surface area (Å²) in [4.78, 5) is 11.5. The number of carboxylic acid groups (broad SMARTS) is 1. The third kappa shape index (κ3) is 7.48. The molecule has 0 aromatic heterocycles. The van der Waals surface area contributed by atoms with Crippen molar-refractivity contribution in [3.8, 4) is 22.6 Å². The van der Waals surface area contributed by atoms with Crippen LogP contribution in [0.25, 0.3) is 11.1 Å². The molecular formula is C27H30ClNO5. The Morgan fingerprint density at radius 3 is 2.47 bits per heavy atom. The van der Waals surface area contributed by atoms with Crippen LogP contribution in [-0.2, 0) is 0 Å². The summed E-state index contributed by atoms with van der Waals surface area (Å²) in [7, 11) is 0. The van der Waals surface area contributed by atoms with Crippen LogP contribution >= 0.6 is 11.6 Å². The Kier molecular flexibility index (Phi) is 9.76. The van der Waals surface area contributed by atoms with Gasteiger partial charge in [-0.1, -0.05) is 55.3 Å². The molecule has 3 N–H and O–H groups in total.